The number of hydrogen-bond donors (Lipinski definition) is 1. The lowest BCUT2D eigenvalue weighted by atomic mass is 9.94. The summed E-state index contributed by atoms with van der Waals surface area (Å²) in [6.45, 7) is 0.684. The van der Waals surface area contributed by atoms with E-state index in [4.69, 9.17) is 5.73 Å². The average Bonchev–Trinajstić information content (AvgIpc) is 3.08. The van der Waals surface area contributed by atoms with E-state index >= 15 is 0 Å². The van der Waals surface area contributed by atoms with Crippen molar-refractivity contribution in [2.75, 3.05) is 6.54 Å². The molecule has 0 atom stereocenters. The Bertz CT molecular complexity index is 341. The second kappa shape index (κ2) is 4.50. The fourth-order valence-electron chi connectivity index (χ4n) is 2.06. The van der Waals surface area contributed by atoms with E-state index in [1.807, 2.05) is 24.3 Å². The maximum atomic E-state index is 12.0. The standard InChI is InChI=1S/C13H17F2N/c14-12(15)6-3-10-1-4-11(5-2-10)13(9-16)7-8-13/h1-2,4-5,12H,3,6-9,16H2. The number of aryl methyl sites for hydroxylation is 1. The molecule has 3 heteroatoms. The molecule has 2 rings (SSSR count). The summed E-state index contributed by atoms with van der Waals surface area (Å²) in [7, 11) is 0. The van der Waals surface area contributed by atoms with Crippen molar-refractivity contribution < 1.29 is 8.78 Å². The van der Waals surface area contributed by atoms with Crippen LogP contribution in [0.15, 0.2) is 24.3 Å². The normalized spacial score (nSPS) is 17.8. The first-order valence-electron chi connectivity index (χ1n) is 5.74. The zero-order valence-corrected chi connectivity index (χ0v) is 9.26. The van der Waals surface area contributed by atoms with Gasteiger partial charge in [0.25, 0.3) is 0 Å². The topological polar surface area (TPSA) is 26.0 Å². The third-order valence-electron chi connectivity index (χ3n) is 3.46. The summed E-state index contributed by atoms with van der Waals surface area (Å²) in [6, 6.07) is 7.99. The Morgan fingerprint density at radius 2 is 1.81 bits per heavy atom. The van der Waals surface area contributed by atoms with Gasteiger partial charge in [-0.25, -0.2) is 8.78 Å². The van der Waals surface area contributed by atoms with Gasteiger partial charge < -0.3 is 5.73 Å². The van der Waals surface area contributed by atoms with Gasteiger partial charge in [-0.15, -0.1) is 0 Å². The maximum Gasteiger partial charge on any atom is 0.239 e. The summed E-state index contributed by atoms with van der Waals surface area (Å²) in [5.41, 5.74) is 8.18. The highest BCUT2D eigenvalue weighted by Crippen LogP contribution is 2.47. The molecule has 1 aromatic rings. The third-order valence-corrected chi connectivity index (χ3v) is 3.46. The van der Waals surface area contributed by atoms with Gasteiger partial charge in [0, 0.05) is 18.4 Å². The average molecular weight is 225 g/mol. The molecule has 1 aliphatic carbocycles. The first kappa shape index (κ1) is 11.5. The SMILES string of the molecule is NCC1(c2ccc(CCC(F)F)cc2)CC1. The summed E-state index contributed by atoms with van der Waals surface area (Å²) < 4.78 is 24.1. The van der Waals surface area contributed by atoms with E-state index < -0.39 is 6.43 Å². The maximum absolute atomic E-state index is 12.0. The molecule has 0 radical (unpaired) electrons. The summed E-state index contributed by atoms with van der Waals surface area (Å²) in [6.07, 6.45) is 0.493. The molecule has 1 aliphatic rings. The Labute approximate surface area is 94.7 Å². The molecular formula is C13H17F2N. The van der Waals surface area contributed by atoms with Gasteiger partial charge in [-0.3, -0.25) is 0 Å². The van der Waals surface area contributed by atoms with Crippen molar-refractivity contribution in [2.24, 2.45) is 5.73 Å². The van der Waals surface area contributed by atoms with Gasteiger partial charge in [-0.1, -0.05) is 24.3 Å². The summed E-state index contributed by atoms with van der Waals surface area (Å²) in [4.78, 5) is 0. The highest BCUT2D eigenvalue weighted by molar-refractivity contribution is 5.34. The number of benzene rings is 1. The molecule has 0 saturated heterocycles. The summed E-state index contributed by atoms with van der Waals surface area (Å²) >= 11 is 0. The van der Waals surface area contributed by atoms with Crippen LogP contribution >= 0.6 is 0 Å². The Morgan fingerprint density at radius 1 is 1.19 bits per heavy atom. The lowest BCUT2D eigenvalue weighted by molar-refractivity contribution is 0.138. The minimum atomic E-state index is -2.21. The monoisotopic (exact) mass is 225 g/mol. The van der Waals surface area contributed by atoms with Crippen molar-refractivity contribution in [2.45, 2.75) is 37.5 Å². The van der Waals surface area contributed by atoms with Crippen LogP contribution in [0.1, 0.15) is 30.4 Å². The van der Waals surface area contributed by atoms with Crippen LogP contribution in [0.3, 0.4) is 0 Å². The molecule has 0 heterocycles. The highest BCUT2D eigenvalue weighted by atomic mass is 19.3. The molecule has 0 spiro atoms. The molecule has 1 nitrogen and oxygen atoms in total. The molecule has 88 valence electrons. The Balaban J connectivity index is 2.00. The molecule has 1 saturated carbocycles. The highest BCUT2D eigenvalue weighted by Gasteiger charge is 2.42. The smallest absolute Gasteiger partial charge is 0.239 e. The van der Waals surface area contributed by atoms with Gasteiger partial charge in [-0.2, -0.15) is 0 Å². The second-order valence-electron chi connectivity index (χ2n) is 4.61. The second-order valence-corrected chi connectivity index (χ2v) is 4.61. The van der Waals surface area contributed by atoms with E-state index in [1.165, 1.54) is 5.56 Å². The molecule has 1 aromatic carbocycles. The largest absolute Gasteiger partial charge is 0.330 e. The molecule has 0 amide bonds. The first-order valence-corrected chi connectivity index (χ1v) is 5.74. The number of nitrogens with two attached hydrogens (primary N) is 1. The number of alkyl halides is 2. The molecule has 0 aliphatic heterocycles. The zero-order chi connectivity index (χ0) is 11.6. The quantitative estimate of drug-likeness (QED) is 0.819. The lowest BCUT2D eigenvalue weighted by Gasteiger charge is -2.13. The molecule has 1 fully saturated rings. The van der Waals surface area contributed by atoms with Crippen LogP contribution in [-0.4, -0.2) is 13.0 Å². The van der Waals surface area contributed by atoms with E-state index in [0.717, 1.165) is 18.4 Å². The van der Waals surface area contributed by atoms with Gasteiger partial charge in [0.2, 0.25) is 6.43 Å². The van der Waals surface area contributed by atoms with E-state index in [2.05, 4.69) is 0 Å². The summed E-state index contributed by atoms with van der Waals surface area (Å²) in [5, 5.41) is 0. The van der Waals surface area contributed by atoms with Crippen molar-refractivity contribution >= 4 is 0 Å². The van der Waals surface area contributed by atoms with Gasteiger partial charge in [0.1, 0.15) is 0 Å². The van der Waals surface area contributed by atoms with E-state index in [9.17, 15) is 8.78 Å². The van der Waals surface area contributed by atoms with Crippen LogP contribution in [-0.2, 0) is 11.8 Å². The Kier molecular flexibility index (Phi) is 3.24. The van der Waals surface area contributed by atoms with E-state index in [-0.39, 0.29) is 11.8 Å². The van der Waals surface area contributed by atoms with Crippen LogP contribution in [0, 0.1) is 0 Å². The van der Waals surface area contributed by atoms with Crippen molar-refractivity contribution in [3.63, 3.8) is 0 Å². The molecule has 16 heavy (non-hydrogen) atoms. The van der Waals surface area contributed by atoms with Crippen LogP contribution < -0.4 is 5.73 Å². The van der Waals surface area contributed by atoms with Gasteiger partial charge in [0.05, 0.1) is 0 Å². The van der Waals surface area contributed by atoms with Crippen molar-refractivity contribution in [3.05, 3.63) is 35.4 Å². The van der Waals surface area contributed by atoms with Crippen molar-refractivity contribution in [1.29, 1.82) is 0 Å². The first-order chi connectivity index (χ1) is 7.66. The van der Waals surface area contributed by atoms with Crippen LogP contribution in [0.25, 0.3) is 0 Å². The molecule has 0 bridgehead atoms. The third kappa shape index (κ3) is 2.40. The molecule has 0 unspecified atom stereocenters. The predicted molar refractivity (Wildman–Crippen MR) is 60.7 cm³/mol. The molecule has 0 aromatic heterocycles. The van der Waals surface area contributed by atoms with Gasteiger partial charge in [-0.05, 0) is 30.4 Å². The van der Waals surface area contributed by atoms with Gasteiger partial charge in [0.15, 0.2) is 0 Å². The van der Waals surface area contributed by atoms with Crippen LogP contribution in [0.5, 0.6) is 0 Å². The van der Waals surface area contributed by atoms with E-state index in [0.29, 0.717) is 13.0 Å². The number of hydrogen-bond acceptors (Lipinski definition) is 1. The zero-order valence-electron chi connectivity index (χ0n) is 9.26. The Hall–Kier alpha value is -0.960. The summed E-state index contributed by atoms with van der Waals surface area (Å²) in [5.74, 6) is 0. The predicted octanol–water partition coefficient (Wildman–Crippen LogP) is 2.87. The minimum absolute atomic E-state index is 0.0542. The lowest BCUT2D eigenvalue weighted by Crippen LogP contribution is -2.19. The Morgan fingerprint density at radius 3 is 2.25 bits per heavy atom. The van der Waals surface area contributed by atoms with Crippen LogP contribution in [0.2, 0.25) is 0 Å². The minimum Gasteiger partial charge on any atom is -0.330 e. The number of halogens is 2. The molecular weight excluding hydrogens is 208 g/mol. The van der Waals surface area contributed by atoms with Crippen molar-refractivity contribution in [1.82, 2.24) is 0 Å². The van der Waals surface area contributed by atoms with E-state index in [1.54, 1.807) is 0 Å². The van der Waals surface area contributed by atoms with Gasteiger partial charge >= 0.3 is 0 Å². The fourth-order valence-corrected chi connectivity index (χ4v) is 2.06. The van der Waals surface area contributed by atoms with Crippen LogP contribution in [0.4, 0.5) is 8.78 Å². The van der Waals surface area contributed by atoms with Crippen molar-refractivity contribution in [3.8, 4) is 0 Å². The fraction of sp³-hybridized carbons (Fsp3) is 0.538. The number of rotatable bonds is 5. The molecule has 2 N–H and O–H groups in total.